The van der Waals surface area contributed by atoms with E-state index in [4.69, 9.17) is 16.9 Å². The molecular formula is C10H7ClFNO. The van der Waals surface area contributed by atoms with Gasteiger partial charge in [0.25, 0.3) is 0 Å². The summed E-state index contributed by atoms with van der Waals surface area (Å²) in [6.07, 6.45) is 0.135. The molecule has 0 aliphatic rings. The second kappa shape index (κ2) is 4.73. The molecule has 1 aromatic carbocycles. The van der Waals surface area contributed by atoms with Gasteiger partial charge in [-0.15, -0.1) is 0 Å². The maximum Gasteiger partial charge on any atom is 0.166 e. The number of carbonyl (C=O) groups excluding carboxylic acids is 1. The van der Waals surface area contributed by atoms with Gasteiger partial charge in [0.1, 0.15) is 5.82 Å². The van der Waals surface area contributed by atoms with Crippen molar-refractivity contribution in [1.82, 2.24) is 0 Å². The van der Waals surface area contributed by atoms with E-state index in [0.717, 1.165) is 6.07 Å². The predicted molar refractivity (Wildman–Crippen MR) is 50.6 cm³/mol. The normalized spacial score (nSPS) is 9.50. The number of hydrogen-bond donors (Lipinski definition) is 0. The summed E-state index contributed by atoms with van der Waals surface area (Å²) in [5.41, 5.74) is -0.00958. The smallest absolute Gasteiger partial charge is 0.166 e. The number of Topliss-reactive ketones (excluding diaryl/α,β-unsaturated/α-hetero) is 1. The summed E-state index contributed by atoms with van der Waals surface area (Å²) in [6.45, 7) is 0. The summed E-state index contributed by atoms with van der Waals surface area (Å²) in [5.74, 6) is -1.01. The Labute approximate surface area is 85.9 Å². The zero-order valence-electron chi connectivity index (χ0n) is 7.26. The highest BCUT2D eigenvalue weighted by molar-refractivity contribution is 6.30. The van der Waals surface area contributed by atoms with Gasteiger partial charge in [-0.2, -0.15) is 5.26 Å². The largest absolute Gasteiger partial charge is 0.294 e. The average molecular weight is 212 g/mol. The number of nitriles is 1. The van der Waals surface area contributed by atoms with Crippen molar-refractivity contribution in [3.8, 4) is 6.07 Å². The Bertz CT molecular complexity index is 398. The van der Waals surface area contributed by atoms with E-state index in [9.17, 15) is 9.18 Å². The second-order valence-corrected chi connectivity index (χ2v) is 3.14. The molecule has 0 aromatic heterocycles. The molecule has 0 radical (unpaired) electrons. The van der Waals surface area contributed by atoms with Crippen LogP contribution in [0.15, 0.2) is 18.2 Å². The first-order valence-corrected chi connectivity index (χ1v) is 4.38. The molecule has 1 rings (SSSR count). The molecule has 0 bridgehead atoms. The Kier molecular flexibility index (Phi) is 3.61. The van der Waals surface area contributed by atoms with E-state index in [1.54, 1.807) is 0 Å². The SMILES string of the molecule is N#CCCC(=O)c1ccc(Cl)cc1F. The molecule has 0 aliphatic carbocycles. The van der Waals surface area contributed by atoms with Crippen molar-refractivity contribution < 1.29 is 9.18 Å². The van der Waals surface area contributed by atoms with Gasteiger partial charge < -0.3 is 0 Å². The van der Waals surface area contributed by atoms with Crippen LogP contribution in [0.5, 0.6) is 0 Å². The van der Waals surface area contributed by atoms with Crippen molar-refractivity contribution in [2.45, 2.75) is 12.8 Å². The molecular weight excluding hydrogens is 205 g/mol. The van der Waals surface area contributed by atoms with Crippen molar-refractivity contribution in [3.05, 3.63) is 34.6 Å². The fourth-order valence-corrected chi connectivity index (χ4v) is 1.18. The molecule has 0 N–H and O–H groups in total. The lowest BCUT2D eigenvalue weighted by atomic mass is 10.1. The van der Waals surface area contributed by atoms with Gasteiger partial charge in [0.2, 0.25) is 0 Å². The molecule has 4 heteroatoms. The first-order chi connectivity index (χ1) is 6.65. The maximum atomic E-state index is 13.1. The first-order valence-electron chi connectivity index (χ1n) is 4.00. The van der Waals surface area contributed by atoms with E-state index in [1.165, 1.54) is 12.1 Å². The van der Waals surface area contributed by atoms with Crippen LogP contribution in [-0.2, 0) is 0 Å². The van der Waals surface area contributed by atoms with Gasteiger partial charge in [0, 0.05) is 17.9 Å². The molecule has 0 amide bonds. The first kappa shape index (κ1) is 10.7. The topological polar surface area (TPSA) is 40.9 Å². The molecule has 0 fully saturated rings. The third kappa shape index (κ3) is 2.54. The fraction of sp³-hybridized carbons (Fsp3) is 0.200. The molecule has 0 saturated heterocycles. The number of halogens is 2. The van der Waals surface area contributed by atoms with Gasteiger partial charge in [-0.05, 0) is 18.2 Å². The Morgan fingerprint density at radius 1 is 1.57 bits per heavy atom. The van der Waals surface area contributed by atoms with Gasteiger partial charge in [-0.3, -0.25) is 4.79 Å². The number of ketones is 1. The van der Waals surface area contributed by atoms with Crippen LogP contribution >= 0.6 is 11.6 Å². The minimum absolute atomic E-state index is 0.00958. The second-order valence-electron chi connectivity index (χ2n) is 2.71. The number of carbonyl (C=O) groups is 1. The summed E-state index contributed by atoms with van der Waals surface area (Å²) >= 11 is 5.52. The summed E-state index contributed by atoms with van der Waals surface area (Å²) in [5, 5.41) is 8.51. The van der Waals surface area contributed by atoms with Gasteiger partial charge in [-0.1, -0.05) is 11.6 Å². The Hall–Kier alpha value is -1.40. The fourth-order valence-electron chi connectivity index (χ4n) is 1.02. The van der Waals surface area contributed by atoms with Gasteiger partial charge >= 0.3 is 0 Å². The minimum atomic E-state index is -0.638. The highest BCUT2D eigenvalue weighted by atomic mass is 35.5. The Morgan fingerprint density at radius 2 is 2.29 bits per heavy atom. The van der Waals surface area contributed by atoms with Gasteiger partial charge in [0.05, 0.1) is 11.6 Å². The van der Waals surface area contributed by atoms with Crippen LogP contribution in [0.1, 0.15) is 23.2 Å². The van der Waals surface area contributed by atoms with Crippen LogP contribution in [0.2, 0.25) is 5.02 Å². The quantitative estimate of drug-likeness (QED) is 0.722. The molecule has 0 aliphatic heterocycles. The van der Waals surface area contributed by atoms with Crippen LogP contribution < -0.4 is 0 Å². The van der Waals surface area contributed by atoms with Crippen molar-refractivity contribution in [2.24, 2.45) is 0 Å². The Balaban J connectivity index is 2.86. The molecule has 0 unspecified atom stereocenters. The predicted octanol–water partition coefficient (Wildman–Crippen LogP) is 2.97. The minimum Gasteiger partial charge on any atom is -0.294 e. The van der Waals surface area contributed by atoms with Crippen molar-refractivity contribution >= 4 is 17.4 Å². The summed E-state index contributed by atoms with van der Waals surface area (Å²) in [7, 11) is 0. The lowest BCUT2D eigenvalue weighted by molar-refractivity contribution is 0.0980. The third-order valence-electron chi connectivity index (χ3n) is 1.70. The monoisotopic (exact) mass is 211 g/mol. The van der Waals surface area contributed by atoms with E-state index in [1.807, 2.05) is 6.07 Å². The maximum absolute atomic E-state index is 13.1. The highest BCUT2D eigenvalue weighted by Crippen LogP contribution is 2.16. The molecule has 14 heavy (non-hydrogen) atoms. The van der Waals surface area contributed by atoms with Crippen LogP contribution in [0.25, 0.3) is 0 Å². The zero-order chi connectivity index (χ0) is 10.6. The molecule has 0 spiro atoms. The van der Waals surface area contributed by atoms with Crippen molar-refractivity contribution in [3.63, 3.8) is 0 Å². The number of hydrogen-bond acceptors (Lipinski definition) is 2. The van der Waals surface area contributed by atoms with Gasteiger partial charge in [0.15, 0.2) is 5.78 Å². The molecule has 0 heterocycles. The molecule has 2 nitrogen and oxygen atoms in total. The molecule has 1 aromatic rings. The Morgan fingerprint density at radius 3 is 2.86 bits per heavy atom. The van der Waals surface area contributed by atoms with Crippen LogP contribution in [0.3, 0.4) is 0 Å². The third-order valence-corrected chi connectivity index (χ3v) is 1.93. The van der Waals surface area contributed by atoms with Crippen LogP contribution in [-0.4, -0.2) is 5.78 Å². The van der Waals surface area contributed by atoms with Gasteiger partial charge in [-0.25, -0.2) is 4.39 Å². The van der Waals surface area contributed by atoms with Crippen LogP contribution in [0, 0.1) is 17.1 Å². The summed E-state index contributed by atoms with van der Waals surface area (Å²) < 4.78 is 13.1. The van der Waals surface area contributed by atoms with Crippen molar-refractivity contribution in [2.75, 3.05) is 0 Å². The number of benzene rings is 1. The number of nitrogens with zero attached hydrogens (tertiary/aromatic N) is 1. The van der Waals surface area contributed by atoms with E-state index >= 15 is 0 Å². The highest BCUT2D eigenvalue weighted by Gasteiger charge is 2.11. The average Bonchev–Trinajstić information content (AvgIpc) is 2.14. The summed E-state index contributed by atoms with van der Waals surface area (Å²) in [6, 6.07) is 5.69. The molecule has 0 atom stereocenters. The zero-order valence-corrected chi connectivity index (χ0v) is 8.01. The lowest BCUT2D eigenvalue weighted by Crippen LogP contribution is -2.01. The van der Waals surface area contributed by atoms with E-state index in [0.29, 0.717) is 0 Å². The van der Waals surface area contributed by atoms with Crippen molar-refractivity contribution in [1.29, 1.82) is 5.26 Å². The number of rotatable bonds is 3. The standard InChI is InChI=1S/C10H7ClFNO/c11-7-3-4-8(9(12)6-7)10(14)2-1-5-13/h3-4,6H,1-2H2. The molecule has 0 saturated carbocycles. The van der Waals surface area contributed by atoms with E-state index in [2.05, 4.69) is 0 Å². The molecule has 72 valence electrons. The van der Waals surface area contributed by atoms with E-state index in [-0.39, 0.29) is 29.2 Å². The van der Waals surface area contributed by atoms with E-state index < -0.39 is 5.82 Å². The lowest BCUT2D eigenvalue weighted by Gasteiger charge is -2.00. The summed E-state index contributed by atoms with van der Waals surface area (Å²) in [4.78, 5) is 11.3. The van der Waals surface area contributed by atoms with Crippen LogP contribution in [0.4, 0.5) is 4.39 Å².